The Morgan fingerprint density at radius 3 is 1.41 bits per heavy atom. The van der Waals surface area contributed by atoms with Crippen molar-refractivity contribution in [1.29, 1.82) is 0 Å². The fourth-order valence-corrected chi connectivity index (χ4v) is 5.16. The molecular formula is C30H56ClN. The molecule has 0 aliphatic heterocycles. The summed E-state index contributed by atoms with van der Waals surface area (Å²) in [6.45, 7) is 5.83. The zero-order valence-electron chi connectivity index (χ0n) is 22.2. The van der Waals surface area contributed by atoms with Crippen LogP contribution in [-0.4, -0.2) is 24.6 Å². The average molecular weight is 466 g/mol. The number of halogens is 1. The summed E-state index contributed by atoms with van der Waals surface area (Å²) in [6, 6.07) is 11.8. The average Bonchev–Trinajstić information content (AvgIpc) is 2.76. The van der Waals surface area contributed by atoms with Gasteiger partial charge in [-0.25, -0.2) is 0 Å². The highest BCUT2D eigenvalue weighted by molar-refractivity contribution is 5.13. The lowest BCUT2D eigenvalue weighted by atomic mass is 10.00. The standard InChI is InChI=1S/C30H56N.ClH/c1-5-7-8-9-10-11-12-13-14-15-16-17-18-19-20-24-27-30(6-2)31(3,4)28-29-25-22-21-23-26-29;/h21-23,25-26,30H,5-20,24,27-28H2,1-4H3;1H/q+1;/p-1. The van der Waals surface area contributed by atoms with E-state index in [-0.39, 0.29) is 12.4 Å². The summed E-state index contributed by atoms with van der Waals surface area (Å²) < 4.78 is 1.12. The maximum Gasteiger partial charge on any atom is 0.104 e. The Hall–Kier alpha value is -0.530. The fourth-order valence-electron chi connectivity index (χ4n) is 5.16. The monoisotopic (exact) mass is 465 g/mol. The molecule has 2 heteroatoms. The highest BCUT2D eigenvalue weighted by atomic mass is 35.5. The van der Waals surface area contributed by atoms with E-state index in [0.717, 1.165) is 17.1 Å². The molecule has 0 radical (unpaired) electrons. The van der Waals surface area contributed by atoms with Crippen LogP contribution in [0.5, 0.6) is 0 Å². The van der Waals surface area contributed by atoms with Gasteiger partial charge in [0, 0.05) is 5.56 Å². The van der Waals surface area contributed by atoms with E-state index in [0.29, 0.717) is 0 Å². The summed E-state index contributed by atoms with van der Waals surface area (Å²) >= 11 is 0. The summed E-state index contributed by atoms with van der Waals surface area (Å²) in [5, 5.41) is 0. The van der Waals surface area contributed by atoms with Gasteiger partial charge in [-0.1, -0.05) is 140 Å². The Morgan fingerprint density at radius 1 is 0.594 bits per heavy atom. The van der Waals surface area contributed by atoms with E-state index >= 15 is 0 Å². The van der Waals surface area contributed by atoms with E-state index < -0.39 is 0 Å². The van der Waals surface area contributed by atoms with Gasteiger partial charge in [-0.3, -0.25) is 0 Å². The molecule has 0 heterocycles. The smallest absolute Gasteiger partial charge is 0.104 e. The molecule has 0 aliphatic rings. The molecule has 0 amide bonds. The number of unbranched alkanes of at least 4 members (excludes halogenated alkanes) is 15. The summed E-state index contributed by atoms with van der Waals surface area (Å²) in [7, 11) is 4.85. The second kappa shape index (κ2) is 21.0. The third kappa shape index (κ3) is 16.1. The summed E-state index contributed by atoms with van der Waals surface area (Å²) in [6.07, 6.45) is 25.9. The number of hydrogen-bond acceptors (Lipinski definition) is 0. The second-order valence-corrected chi connectivity index (χ2v) is 10.6. The van der Waals surface area contributed by atoms with Crippen molar-refractivity contribution in [2.24, 2.45) is 0 Å². The van der Waals surface area contributed by atoms with Gasteiger partial charge < -0.3 is 16.9 Å². The predicted molar refractivity (Wildman–Crippen MR) is 140 cm³/mol. The molecule has 32 heavy (non-hydrogen) atoms. The molecule has 188 valence electrons. The molecule has 1 unspecified atom stereocenters. The summed E-state index contributed by atoms with van der Waals surface area (Å²) in [4.78, 5) is 0. The van der Waals surface area contributed by atoms with E-state index in [9.17, 15) is 0 Å². The van der Waals surface area contributed by atoms with Gasteiger partial charge in [-0.15, -0.1) is 0 Å². The van der Waals surface area contributed by atoms with Crippen LogP contribution < -0.4 is 12.4 Å². The quantitative estimate of drug-likeness (QED) is 0.140. The molecule has 0 aliphatic carbocycles. The van der Waals surface area contributed by atoms with Crippen molar-refractivity contribution < 1.29 is 16.9 Å². The first-order valence-corrected chi connectivity index (χ1v) is 14.0. The zero-order chi connectivity index (χ0) is 22.6. The Kier molecular flexibility index (Phi) is 20.7. The van der Waals surface area contributed by atoms with Crippen molar-refractivity contribution in [2.75, 3.05) is 14.1 Å². The number of rotatable bonds is 21. The zero-order valence-corrected chi connectivity index (χ0v) is 23.0. The molecule has 1 rings (SSSR count). The lowest BCUT2D eigenvalue weighted by molar-refractivity contribution is -0.928. The molecule has 1 nitrogen and oxygen atoms in total. The lowest BCUT2D eigenvalue weighted by Gasteiger charge is -2.38. The Balaban J connectivity index is 0.00000961. The number of hydrogen-bond donors (Lipinski definition) is 0. The minimum absolute atomic E-state index is 0. The normalized spacial score (nSPS) is 12.5. The van der Waals surface area contributed by atoms with Gasteiger partial charge in [-0.2, -0.15) is 0 Å². The Labute approximate surface area is 208 Å². The molecule has 1 aromatic carbocycles. The van der Waals surface area contributed by atoms with Crippen LogP contribution in [0.15, 0.2) is 30.3 Å². The van der Waals surface area contributed by atoms with Crippen LogP contribution in [0.3, 0.4) is 0 Å². The number of benzene rings is 1. The highest BCUT2D eigenvalue weighted by Gasteiger charge is 2.26. The van der Waals surface area contributed by atoms with Gasteiger partial charge in [0.15, 0.2) is 0 Å². The topological polar surface area (TPSA) is 0 Å². The Bertz CT molecular complexity index is 499. The molecule has 1 atom stereocenters. The van der Waals surface area contributed by atoms with Gasteiger partial charge in [0.2, 0.25) is 0 Å². The van der Waals surface area contributed by atoms with Crippen molar-refractivity contribution in [2.45, 2.75) is 142 Å². The molecule has 1 aromatic rings. The van der Waals surface area contributed by atoms with E-state index in [1.54, 1.807) is 0 Å². The van der Waals surface area contributed by atoms with Crippen molar-refractivity contribution in [3.05, 3.63) is 35.9 Å². The largest absolute Gasteiger partial charge is 1.00 e. The van der Waals surface area contributed by atoms with Crippen LogP contribution >= 0.6 is 0 Å². The van der Waals surface area contributed by atoms with Crippen molar-refractivity contribution in [3.8, 4) is 0 Å². The summed E-state index contributed by atoms with van der Waals surface area (Å²) in [5.74, 6) is 0. The van der Waals surface area contributed by atoms with Gasteiger partial charge in [0.25, 0.3) is 0 Å². The maximum absolute atomic E-state index is 2.42. The van der Waals surface area contributed by atoms with Crippen molar-refractivity contribution in [3.63, 3.8) is 0 Å². The van der Waals surface area contributed by atoms with Gasteiger partial charge in [-0.05, 0) is 19.3 Å². The van der Waals surface area contributed by atoms with Crippen LogP contribution in [-0.2, 0) is 6.54 Å². The van der Waals surface area contributed by atoms with Gasteiger partial charge in [0.1, 0.15) is 6.54 Å². The minimum atomic E-state index is 0. The second-order valence-electron chi connectivity index (χ2n) is 10.6. The van der Waals surface area contributed by atoms with Crippen molar-refractivity contribution >= 4 is 0 Å². The maximum atomic E-state index is 2.42. The molecule has 0 aromatic heterocycles. The van der Waals surface area contributed by atoms with Crippen LogP contribution in [0.4, 0.5) is 0 Å². The van der Waals surface area contributed by atoms with Gasteiger partial charge >= 0.3 is 0 Å². The van der Waals surface area contributed by atoms with Crippen LogP contribution in [0, 0.1) is 0 Å². The van der Waals surface area contributed by atoms with Crippen molar-refractivity contribution in [1.82, 2.24) is 0 Å². The lowest BCUT2D eigenvalue weighted by Crippen LogP contribution is -3.00. The van der Waals surface area contributed by atoms with Crippen LogP contribution in [0.25, 0.3) is 0 Å². The molecular weight excluding hydrogens is 410 g/mol. The van der Waals surface area contributed by atoms with E-state index in [1.165, 1.54) is 121 Å². The molecule has 0 bridgehead atoms. The Morgan fingerprint density at radius 2 is 1.00 bits per heavy atom. The van der Waals surface area contributed by atoms with Crippen LogP contribution in [0.2, 0.25) is 0 Å². The highest BCUT2D eigenvalue weighted by Crippen LogP contribution is 2.22. The van der Waals surface area contributed by atoms with E-state index in [4.69, 9.17) is 0 Å². The third-order valence-corrected chi connectivity index (χ3v) is 7.28. The molecule has 0 saturated carbocycles. The van der Waals surface area contributed by atoms with Crippen LogP contribution in [0.1, 0.15) is 135 Å². The fraction of sp³-hybridized carbons (Fsp3) is 0.800. The molecule has 0 N–H and O–H groups in total. The first-order chi connectivity index (χ1) is 15.1. The van der Waals surface area contributed by atoms with E-state index in [2.05, 4.69) is 58.3 Å². The predicted octanol–water partition coefficient (Wildman–Crippen LogP) is 6.70. The first-order valence-electron chi connectivity index (χ1n) is 14.0. The first kappa shape index (κ1) is 31.5. The molecule has 0 spiro atoms. The van der Waals surface area contributed by atoms with Gasteiger partial charge in [0.05, 0.1) is 20.1 Å². The number of nitrogens with zero attached hydrogens (tertiary/aromatic N) is 1. The third-order valence-electron chi connectivity index (χ3n) is 7.28. The molecule has 0 saturated heterocycles. The minimum Gasteiger partial charge on any atom is -1.00 e. The SMILES string of the molecule is CCCCCCCCCCCCCCCCCCC(CC)[N+](C)(C)Cc1ccccc1.[Cl-]. The number of quaternary nitrogens is 1. The van der Waals surface area contributed by atoms with E-state index in [1.807, 2.05) is 0 Å². The summed E-state index contributed by atoms with van der Waals surface area (Å²) in [5.41, 5.74) is 1.47. The molecule has 0 fully saturated rings.